The Morgan fingerprint density at radius 1 is 1.32 bits per heavy atom. The zero-order valence-corrected chi connectivity index (χ0v) is 10.8. The largest absolute Gasteiger partial charge is 0.465 e. The molecule has 0 aliphatic rings. The van der Waals surface area contributed by atoms with Gasteiger partial charge in [-0.05, 0) is 30.7 Å². The molecule has 2 amide bonds. The van der Waals surface area contributed by atoms with Crippen molar-refractivity contribution in [3.05, 3.63) is 40.9 Å². The van der Waals surface area contributed by atoms with Crippen molar-refractivity contribution in [3.8, 4) is 0 Å². The lowest BCUT2D eigenvalue weighted by Gasteiger charge is -2.07. The van der Waals surface area contributed by atoms with Crippen LogP contribution in [0.5, 0.6) is 0 Å². The number of hydrogen-bond acceptors (Lipinski definition) is 4. The van der Waals surface area contributed by atoms with Crippen LogP contribution in [-0.2, 0) is 0 Å². The molecule has 0 fully saturated rings. The molecule has 0 bridgehead atoms. The molecule has 2 aromatic rings. The number of aryl methyl sites for hydroxylation is 1. The number of hydrogen-bond donors (Lipinski definition) is 3. The lowest BCUT2D eigenvalue weighted by molar-refractivity contribution is 0.102. The van der Waals surface area contributed by atoms with Crippen LogP contribution < -0.4 is 10.6 Å². The van der Waals surface area contributed by atoms with E-state index in [2.05, 4.69) is 15.6 Å². The number of benzene rings is 1. The van der Waals surface area contributed by atoms with Gasteiger partial charge in [0.15, 0.2) is 5.13 Å². The predicted molar refractivity (Wildman–Crippen MR) is 72.9 cm³/mol. The summed E-state index contributed by atoms with van der Waals surface area (Å²) in [5, 5.41) is 15.8. The van der Waals surface area contributed by atoms with Crippen LogP contribution in [0.3, 0.4) is 0 Å². The summed E-state index contributed by atoms with van der Waals surface area (Å²) in [7, 11) is 0. The van der Waals surface area contributed by atoms with E-state index >= 15 is 0 Å². The highest BCUT2D eigenvalue weighted by molar-refractivity contribution is 7.13. The fourth-order valence-corrected chi connectivity index (χ4v) is 2.04. The zero-order valence-electron chi connectivity index (χ0n) is 10.0. The van der Waals surface area contributed by atoms with Crippen molar-refractivity contribution in [2.24, 2.45) is 0 Å². The van der Waals surface area contributed by atoms with Crippen molar-refractivity contribution in [1.82, 2.24) is 4.98 Å². The second-order valence-electron chi connectivity index (χ2n) is 3.75. The van der Waals surface area contributed by atoms with E-state index in [0.717, 1.165) is 0 Å². The minimum atomic E-state index is -1.14. The highest BCUT2D eigenvalue weighted by Crippen LogP contribution is 2.18. The van der Waals surface area contributed by atoms with Gasteiger partial charge in [-0.1, -0.05) is 0 Å². The van der Waals surface area contributed by atoms with Crippen LogP contribution in [0.25, 0.3) is 0 Å². The zero-order chi connectivity index (χ0) is 13.8. The summed E-state index contributed by atoms with van der Waals surface area (Å²) in [6, 6.07) is 4.73. The molecule has 0 atom stereocenters. The predicted octanol–water partition coefficient (Wildman–Crippen LogP) is 2.79. The first-order chi connectivity index (χ1) is 9.06. The number of nitrogens with zero attached hydrogens (tertiary/aromatic N) is 1. The van der Waals surface area contributed by atoms with E-state index in [1.165, 1.54) is 11.3 Å². The molecule has 0 saturated carbocycles. The van der Waals surface area contributed by atoms with Crippen LogP contribution >= 0.6 is 11.3 Å². The standard InChI is InChI=1S/C12H11N3O3S/c1-7-6-8(2-3-9(7)14-12(17)18)10(16)15-11-13-4-5-19-11/h2-6,14H,1H3,(H,17,18)(H,13,15,16). The Hall–Kier alpha value is -2.41. The number of amides is 2. The van der Waals surface area contributed by atoms with E-state index in [1.54, 1.807) is 36.7 Å². The SMILES string of the molecule is Cc1cc(C(=O)Nc2nccs2)ccc1NC(=O)O. The molecule has 7 heteroatoms. The Labute approximate surface area is 113 Å². The molecule has 19 heavy (non-hydrogen) atoms. The normalized spacial score (nSPS) is 9.95. The van der Waals surface area contributed by atoms with Gasteiger partial charge in [-0.2, -0.15) is 0 Å². The number of rotatable bonds is 3. The van der Waals surface area contributed by atoms with Crippen molar-refractivity contribution >= 4 is 34.2 Å². The van der Waals surface area contributed by atoms with E-state index < -0.39 is 6.09 Å². The monoisotopic (exact) mass is 277 g/mol. The Kier molecular flexibility index (Phi) is 3.76. The first kappa shape index (κ1) is 13.0. The van der Waals surface area contributed by atoms with Gasteiger partial charge in [0.2, 0.25) is 0 Å². The Morgan fingerprint density at radius 3 is 2.68 bits per heavy atom. The fraction of sp³-hybridized carbons (Fsp3) is 0.0833. The van der Waals surface area contributed by atoms with Crippen molar-refractivity contribution in [1.29, 1.82) is 0 Å². The van der Waals surface area contributed by atoms with Crippen LogP contribution in [0.1, 0.15) is 15.9 Å². The molecule has 0 unspecified atom stereocenters. The molecule has 1 aromatic heterocycles. The van der Waals surface area contributed by atoms with Crippen LogP contribution in [0.2, 0.25) is 0 Å². The Morgan fingerprint density at radius 2 is 2.11 bits per heavy atom. The second-order valence-corrected chi connectivity index (χ2v) is 4.65. The van der Waals surface area contributed by atoms with Crippen molar-refractivity contribution in [3.63, 3.8) is 0 Å². The quantitative estimate of drug-likeness (QED) is 0.804. The number of aromatic nitrogens is 1. The highest BCUT2D eigenvalue weighted by Gasteiger charge is 2.10. The molecule has 2 rings (SSSR count). The fourth-order valence-electron chi connectivity index (χ4n) is 1.51. The van der Waals surface area contributed by atoms with Gasteiger partial charge < -0.3 is 5.11 Å². The van der Waals surface area contributed by atoms with Crippen molar-refractivity contribution < 1.29 is 14.7 Å². The first-order valence-electron chi connectivity index (χ1n) is 5.37. The average Bonchev–Trinajstić information content (AvgIpc) is 2.84. The third-order valence-corrected chi connectivity index (χ3v) is 3.07. The molecular formula is C12H11N3O3S. The molecule has 98 valence electrons. The lowest BCUT2D eigenvalue weighted by Crippen LogP contribution is -2.13. The maximum absolute atomic E-state index is 11.9. The number of carbonyl (C=O) groups excluding carboxylic acids is 1. The summed E-state index contributed by atoms with van der Waals surface area (Å²) in [6.07, 6.45) is 0.467. The van der Waals surface area contributed by atoms with E-state index in [9.17, 15) is 9.59 Å². The van der Waals surface area contributed by atoms with Crippen LogP contribution in [0, 0.1) is 6.92 Å². The molecule has 0 radical (unpaired) electrons. The molecule has 6 nitrogen and oxygen atoms in total. The number of carbonyl (C=O) groups is 2. The van der Waals surface area contributed by atoms with Gasteiger partial charge in [-0.15, -0.1) is 11.3 Å². The minimum Gasteiger partial charge on any atom is -0.465 e. The van der Waals surface area contributed by atoms with E-state index in [1.807, 2.05) is 0 Å². The lowest BCUT2D eigenvalue weighted by atomic mass is 10.1. The van der Waals surface area contributed by atoms with Crippen molar-refractivity contribution in [2.45, 2.75) is 6.92 Å². The first-order valence-corrected chi connectivity index (χ1v) is 6.25. The summed E-state index contributed by atoms with van der Waals surface area (Å²) >= 11 is 1.33. The van der Waals surface area contributed by atoms with Gasteiger partial charge in [-0.25, -0.2) is 9.78 Å². The van der Waals surface area contributed by atoms with Gasteiger partial charge in [0.1, 0.15) is 0 Å². The molecular weight excluding hydrogens is 266 g/mol. The number of thiazole rings is 1. The Bertz CT molecular complexity index is 611. The third-order valence-electron chi connectivity index (χ3n) is 2.38. The van der Waals surface area contributed by atoms with Gasteiger partial charge >= 0.3 is 6.09 Å². The summed E-state index contributed by atoms with van der Waals surface area (Å²) in [6.45, 7) is 1.73. The highest BCUT2D eigenvalue weighted by atomic mass is 32.1. The maximum Gasteiger partial charge on any atom is 0.409 e. The van der Waals surface area contributed by atoms with Gasteiger partial charge in [0, 0.05) is 22.8 Å². The average molecular weight is 277 g/mol. The molecule has 0 saturated heterocycles. The van der Waals surface area contributed by atoms with Crippen molar-refractivity contribution in [2.75, 3.05) is 10.6 Å². The van der Waals surface area contributed by atoms with E-state index in [4.69, 9.17) is 5.11 Å². The molecule has 0 aliphatic carbocycles. The molecule has 1 heterocycles. The third kappa shape index (κ3) is 3.29. The second kappa shape index (κ2) is 5.49. The van der Waals surface area contributed by atoms with E-state index in [0.29, 0.717) is 21.9 Å². The van der Waals surface area contributed by atoms with Gasteiger partial charge in [0.25, 0.3) is 5.91 Å². The topological polar surface area (TPSA) is 91.3 Å². The number of anilines is 2. The maximum atomic E-state index is 11.9. The number of nitrogens with one attached hydrogen (secondary N) is 2. The van der Waals surface area contributed by atoms with Crippen LogP contribution in [0.4, 0.5) is 15.6 Å². The van der Waals surface area contributed by atoms with Crippen LogP contribution in [0.15, 0.2) is 29.8 Å². The molecule has 0 aliphatic heterocycles. The summed E-state index contributed by atoms with van der Waals surface area (Å²) in [5.41, 5.74) is 1.58. The molecule has 3 N–H and O–H groups in total. The molecule has 1 aromatic carbocycles. The number of carboxylic acid groups (broad SMARTS) is 1. The van der Waals surface area contributed by atoms with E-state index in [-0.39, 0.29) is 5.91 Å². The Balaban J connectivity index is 2.15. The minimum absolute atomic E-state index is 0.278. The van der Waals surface area contributed by atoms with Gasteiger partial charge in [0.05, 0.1) is 0 Å². The summed E-state index contributed by atoms with van der Waals surface area (Å²) in [4.78, 5) is 26.4. The van der Waals surface area contributed by atoms with Crippen LogP contribution in [-0.4, -0.2) is 22.1 Å². The summed E-state index contributed by atoms with van der Waals surface area (Å²) in [5.74, 6) is -0.278. The summed E-state index contributed by atoms with van der Waals surface area (Å²) < 4.78 is 0. The van der Waals surface area contributed by atoms with Gasteiger partial charge in [-0.3, -0.25) is 15.4 Å². The molecule has 0 spiro atoms. The smallest absolute Gasteiger partial charge is 0.409 e.